The minimum Gasteiger partial charge on any atom is -0.350 e. The quantitative estimate of drug-likeness (QED) is 0.758. The van der Waals surface area contributed by atoms with Crippen LogP contribution in [-0.2, 0) is 6.54 Å². The van der Waals surface area contributed by atoms with Crippen LogP contribution in [-0.4, -0.2) is 32.0 Å². The second-order valence-electron chi connectivity index (χ2n) is 5.45. The van der Waals surface area contributed by atoms with Crippen LogP contribution in [0.15, 0.2) is 53.7 Å². The molecule has 128 valence electrons. The fraction of sp³-hybridized carbons (Fsp3) is 0.176. The molecule has 0 saturated carbocycles. The van der Waals surface area contributed by atoms with Gasteiger partial charge in [-0.05, 0) is 42.8 Å². The van der Waals surface area contributed by atoms with E-state index in [2.05, 4.69) is 15.6 Å². The molecule has 8 heteroatoms. The molecular weight excluding hydrogens is 325 g/mol. The molecule has 0 atom stereocenters. The van der Waals surface area contributed by atoms with Crippen molar-refractivity contribution in [2.24, 2.45) is 0 Å². The molecule has 2 aromatic heterocycles. The highest BCUT2D eigenvalue weighted by atomic mass is 19.1. The van der Waals surface area contributed by atoms with Gasteiger partial charge in [0.25, 0.3) is 11.5 Å². The Labute approximate surface area is 142 Å². The predicted molar refractivity (Wildman–Crippen MR) is 89.1 cm³/mol. The second kappa shape index (κ2) is 7.08. The van der Waals surface area contributed by atoms with E-state index in [1.54, 1.807) is 36.3 Å². The lowest BCUT2D eigenvalue weighted by Crippen LogP contribution is -2.35. The maximum atomic E-state index is 13.1. The van der Waals surface area contributed by atoms with Crippen LogP contribution >= 0.6 is 0 Å². The Morgan fingerprint density at radius 1 is 1.20 bits per heavy atom. The van der Waals surface area contributed by atoms with Crippen LogP contribution < -0.4 is 10.9 Å². The molecule has 1 amide bonds. The molecule has 0 unspecified atom stereocenters. The van der Waals surface area contributed by atoms with E-state index in [1.165, 1.54) is 28.8 Å². The number of nitrogens with one attached hydrogen (secondary N) is 1. The summed E-state index contributed by atoms with van der Waals surface area (Å²) in [6.45, 7) is 2.46. The average molecular weight is 341 g/mol. The number of benzene rings is 1. The van der Waals surface area contributed by atoms with E-state index in [1.807, 2.05) is 0 Å². The maximum absolute atomic E-state index is 13.1. The fourth-order valence-corrected chi connectivity index (χ4v) is 2.43. The number of hydrogen-bond donors (Lipinski definition) is 1. The highest BCUT2D eigenvalue weighted by Gasteiger charge is 2.16. The first-order chi connectivity index (χ1) is 12.1. The Morgan fingerprint density at radius 3 is 2.64 bits per heavy atom. The average Bonchev–Trinajstić information content (AvgIpc) is 3.09. The smallest absolute Gasteiger partial charge is 0.268 e. The molecule has 25 heavy (non-hydrogen) atoms. The molecule has 0 aliphatic rings. The zero-order chi connectivity index (χ0) is 17.8. The summed E-state index contributed by atoms with van der Waals surface area (Å²) in [5.74, 6) is -0.853. The van der Waals surface area contributed by atoms with Gasteiger partial charge in [-0.25, -0.2) is 4.39 Å². The summed E-state index contributed by atoms with van der Waals surface area (Å²) < 4.78 is 16.0. The molecule has 0 radical (unpaired) electrons. The van der Waals surface area contributed by atoms with E-state index in [9.17, 15) is 14.0 Å². The van der Waals surface area contributed by atoms with Crippen LogP contribution in [0, 0.1) is 12.7 Å². The van der Waals surface area contributed by atoms with Crippen molar-refractivity contribution >= 4 is 5.91 Å². The molecule has 0 spiro atoms. The monoisotopic (exact) mass is 341 g/mol. The molecule has 3 rings (SSSR count). The third-order valence-corrected chi connectivity index (χ3v) is 3.73. The predicted octanol–water partition coefficient (Wildman–Crippen LogP) is 1.31. The summed E-state index contributed by atoms with van der Waals surface area (Å²) in [5.41, 5.74) is 0.667. The number of halogens is 1. The van der Waals surface area contributed by atoms with Crippen LogP contribution in [0.3, 0.4) is 0 Å². The zero-order valence-corrected chi connectivity index (χ0v) is 13.5. The Morgan fingerprint density at radius 2 is 1.96 bits per heavy atom. The molecule has 1 aromatic carbocycles. The number of aromatic nitrogens is 4. The van der Waals surface area contributed by atoms with E-state index in [0.29, 0.717) is 24.3 Å². The van der Waals surface area contributed by atoms with Crippen LogP contribution in [0.25, 0.3) is 5.69 Å². The lowest BCUT2D eigenvalue weighted by molar-refractivity contribution is 0.0949. The number of amides is 1. The van der Waals surface area contributed by atoms with Crippen LogP contribution in [0.5, 0.6) is 0 Å². The Bertz CT molecular complexity index is 933. The van der Waals surface area contributed by atoms with Gasteiger partial charge >= 0.3 is 0 Å². The number of rotatable bonds is 5. The molecule has 2 heterocycles. The van der Waals surface area contributed by atoms with Crippen molar-refractivity contribution in [3.8, 4) is 5.69 Å². The third-order valence-electron chi connectivity index (χ3n) is 3.73. The molecule has 0 saturated heterocycles. The van der Waals surface area contributed by atoms with Crippen molar-refractivity contribution in [3.05, 3.63) is 76.2 Å². The van der Waals surface area contributed by atoms with Crippen LogP contribution in [0.2, 0.25) is 0 Å². The van der Waals surface area contributed by atoms with E-state index in [0.717, 1.165) is 0 Å². The Balaban J connectivity index is 1.82. The fourth-order valence-electron chi connectivity index (χ4n) is 2.43. The number of pyridine rings is 1. The summed E-state index contributed by atoms with van der Waals surface area (Å²) in [5, 5.41) is 10.2. The van der Waals surface area contributed by atoms with Crippen molar-refractivity contribution in [3.63, 3.8) is 0 Å². The van der Waals surface area contributed by atoms with Gasteiger partial charge in [-0.3, -0.25) is 18.8 Å². The van der Waals surface area contributed by atoms with Crippen molar-refractivity contribution in [2.45, 2.75) is 13.5 Å². The summed E-state index contributed by atoms with van der Waals surface area (Å²) in [6.07, 6.45) is 4.79. The van der Waals surface area contributed by atoms with E-state index < -0.39 is 17.3 Å². The summed E-state index contributed by atoms with van der Waals surface area (Å²) in [7, 11) is 0. The molecule has 7 nitrogen and oxygen atoms in total. The molecule has 0 aliphatic heterocycles. The van der Waals surface area contributed by atoms with Crippen LogP contribution in [0.4, 0.5) is 4.39 Å². The van der Waals surface area contributed by atoms with Gasteiger partial charge in [0.15, 0.2) is 0 Å². The van der Waals surface area contributed by atoms with Gasteiger partial charge in [0.2, 0.25) is 0 Å². The number of carbonyl (C=O) groups is 1. The van der Waals surface area contributed by atoms with E-state index in [-0.39, 0.29) is 5.56 Å². The molecule has 3 aromatic rings. The van der Waals surface area contributed by atoms with Crippen molar-refractivity contribution < 1.29 is 9.18 Å². The third kappa shape index (κ3) is 3.63. The van der Waals surface area contributed by atoms with E-state index >= 15 is 0 Å². The van der Waals surface area contributed by atoms with Gasteiger partial charge in [0, 0.05) is 24.6 Å². The van der Waals surface area contributed by atoms with Crippen molar-refractivity contribution in [1.29, 1.82) is 0 Å². The van der Waals surface area contributed by atoms with Gasteiger partial charge < -0.3 is 5.32 Å². The molecule has 0 fully saturated rings. The van der Waals surface area contributed by atoms with Crippen molar-refractivity contribution in [1.82, 2.24) is 24.9 Å². The summed E-state index contributed by atoms with van der Waals surface area (Å²) >= 11 is 0. The topological polar surface area (TPSA) is 81.8 Å². The lowest BCUT2D eigenvalue weighted by atomic mass is 10.1. The number of aryl methyl sites for hydroxylation is 1. The number of nitrogens with zero attached hydrogens (tertiary/aromatic N) is 4. The first-order valence-electron chi connectivity index (χ1n) is 7.67. The Kier molecular flexibility index (Phi) is 4.69. The standard InChI is InChI=1S/C17H16FN5O2/c1-12-6-9-23(14-4-2-13(18)3-5-14)17(25)15(12)16(24)19-7-10-22-11-8-20-21-22/h2-6,8-9,11H,7,10H2,1H3,(H,19,24). The van der Waals surface area contributed by atoms with Gasteiger partial charge in [-0.2, -0.15) is 0 Å². The molecule has 0 aliphatic carbocycles. The largest absolute Gasteiger partial charge is 0.350 e. The Hall–Kier alpha value is -3.29. The maximum Gasteiger partial charge on any atom is 0.268 e. The normalized spacial score (nSPS) is 10.6. The lowest BCUT2D eigenvalue weighted by Gasteiger charge is -2.11. The SMILES string of the molecule is Cc1ccn(-c2ccc(F)cc2)c(=O)c1C(=O)NCCn1ccnn1. The van der Waals surface area contributed by atoms with E-state index in [4.69, 9.17) is 0 Å². The van der Waals surface area contributed by atoms with Gasteiger partial charge in [0.05, 0.1) is 12.7 Å². The minimum absolute atomic E-state index is 0.0606. The molecule has 0 bridgehead atoms. The molecule has 1 N–H and O–H groups in total. The minimum atomic E-state index is -0.459. The zero-order valence-electron chi connectivity index (χ0n) is 13.5. The first-order valence-corrected chi connectivity index (χ1v) is 7.67. The number of carbonyl (C=O) groups excluding carboxylic acids is 1. The highest BCUT2D eigenvalue weighted by Crippen LogP contribution is 2.09. The number of hydrogen-bond acceptors (Lipinski definition) is 4. The molecular formula is C17H16FN5O2. The second-order valence-corrected chi connectivity index (χ2v) is 5.45. The van der Waals surface area contributed by atoms with Gasteiger partial charge in [-0.1, -0.05) is 5.21 Å². The first kappa shape index (κ1) is 16.6. The highest BCUT2D eigenvalue weighted by molar-refractivity contribution is 5.95. The van der Waals surface area contributed by atoms with Crippen molar-refractivity contribution in [2.75, 3.05) is 6.54 Å². The summed E-state index contributed by atoms with van der Waals surface area (Å²) in [4.78, 5) is 25.1. The van der Waals surface area contributed by atoms with Gasteiger partial charge in [0.1, 0.15) is 11.4 Å². The van der Waals surface area contributed by atoms with Gasteiger partial charge in [-0.15, -0.1) is 5.10 Å². The van der Waals surface area contributed by atoms with Crippen LogP contribution in [0.1, 0.15) is 15.9 Å². The summed E-state index contributed by atoms with van der Waals surface area (Å²) in [6, 6.07) is 7.17.